The van der Waals surface area contributed by atoms with Crippen molar-refractivity contribution in [2.75, 3.05) is 0 Å². The zero-order chi connectivity index (χ0) is 11.7. The summed E-state index contributed by atoms with van der Waals surface area (Å²) < 4.78 is 1.59. The van der Waals surface area contributed by atoms with Crippen molar-refractivity contribution < 1.29 is 4.79 Å². The minimum absolute atomic E-state index is 0.169. The molecule has 1 amide bonds. The monoisotopic (exact) mass is 238 g/mol. The molecule has 86 valence electrons. The maximum atomic E-state index is 11.8. The summed E-state index contributed by atoms with van der Waals surface area (Å²) in [6, 6.07) is -0.178. The Hall–Kier alpha value is -1.43. The summed E-state index contributed by atoms with van der Waals surface area (Å²) in [4.78, 5) is 12.2. The highest BCUT2D eigenvalue weighted by Crippen LogP contribution is 2.32. The first-order valence-electron chi connectivity index (χ1n) is 5.17. The van der Waals surface area contributed by atoms with Crippen molar-refractivity contribution in [2.45, 2.75) is 18.9 Å². The molecule has 3 N–H and O–H groups in total. The van der Waals surface area contributed by atoms with Gasteiger partial charge in [0.05, 0.1) is 22.8 Å². The summed E-state index contributed by atoms with van der Waals surface area (Å²) in [5.41, 5.74) is 6.14. The van der Waals surface area contributed by atoms with Crippen molar-refractivity contribution in [3.8, 4) is 0 Å². The number of amides is 1. The van der Waals surface area contributed by atoms with Crippen LogP contribution in [-0.2, 0) is 7.05 Å². The number of carbonyl (C=O) groups excluding carboxylic acids is 1. The van der Waals surface area contributed by atoms with Crippen LogP contribution >= 0.6 is 12.2 Å². The number of thiocarbonyl (C=S) groups is 1. The van der Waals surface area contributed by atoms with Gasteiger partial charge in [-0.25, -0.2) is 0 Å². The van der Waals surface area contributed by atoms with Gasteiger partial charge in [0.25, 0.3) is 5.91 Å². The molecule has 1 saturated carbocycles. The summed E-state index contributed by atoms with van der Waals surface area (Å²) in [5.74, 6) is 0.246. The van der Waals surface area contributed by atoms with E-state index in [0.717, 1.165) is 12.8 Å². The first-order chi connectivity index (χ1) is 7.58. The lowest BCUT2D eigenvalue weighted by Crippen LogP contribution is -2.44. The number of nitrogens with zero attached hydrogens (tertiary/aromatic N) is 2. The average molecular weight is 238 g/mol. The first-order valence-corrected chi connectivity index (χ1v) is 5.57. The Morgan fingerprint density at radius 1 is 1.75 bits per heavy atom. The summed E-state index contributed by atoms with van der Waals surface area (Å²) in [6.45, 7) is 0. The molecule has 0 radical (unpaired) electrons. The van der Waals surface area contributed by atoms with E-state index in [1.807, 2.05) is 0 Å². The molecule has 0 saturated heterocycles. The van der Waals surface area contributed by atoms with Crippen LogP contribution in [0.5, 0.6) is 0 Å². The Morgan fingerprint density at radius 3 is 2.88 bits per heavy atom. The van der Waals surface area contributed by atoms with Gasteiger partial charge in [-0.15, -0.1) is 0 Å². The quantitative estimate of drug-likeness (QED) is 0.736. The second kappa shape index (κ2) is 4.21. The number of hydrogen-bond acceptors (Lipinski definition) is 3. The molecule has 2 rings (SSSR count). The van der Waals surface area contributed by atoms with E-state index in [0.29, 0.717) is 16.5 Å². The molecule has 1 aliphatic carbocycles. The van der Waals surface area contributed by atoms with Crippen LogP contribution in [0.15, 0.2) is 12.4 Å². The molecule has 0 bridgehead atoms. The van der Waals surface area contributed by atoms with Crippen LogP contribution in [0.4, 0.5) is 0 Å². The normalized spacial score (nSPS) is 16.8. The standard InChI is InChI=1S/C10H14N4OS/c1-14-5-7(4-12-14)10(15)13-8(9(11)16)6-2-3-6/h4-6,8H,2-3H2,1H3,(H2,11,16)(H,13,15). The number of nitrogens with one attached hydrogen (secondary N) is 1. The van der Waals surface area contributed by atoms with Gasteiger partial charge in [-0.3, -0.25) is 9.48 Å². The topological polar surface area (TPSA) is 72.9 Å². The Morgan fingerprint density at radius 2 is 2.44 bits per heavy atom. The number of hydrogen-bond donors (Lipinski definition) is 2. The van der Waals surface area contributed by atoms with Gasteiger partial charge in [-0.2, -0.15) is 5.10 Å². The Kier molecular flexibility index (Phi) is 2.91. The van der Waals surface area contributed by atoms with Crippen LogP contribution in [0.1, 0.15) is 23.2 Å². The predicted molar refractivity (Wildman–Crippen MR) is 64.0 cm³/mol. The van der Waals surface area contributed by atoms with E-state index in [2.05, 4.69) is 10.4 Å². The third-order valence-electron chi connectivity index (χ3n) is 2.65. The van der Waals surface area contributed by atoms with Gasteiger partial charge in [-0.05, 0) is 18.8 Å². The highest BCUT2D eigenvalue weighted by molar-refractivity contribution is 7.80. The number of carbonyl (C=O) groups is 1. The van der Waals surface area contributed by atoms with Crippen LogP contribution in [-0.4, -0.2) is 26.7 Å². The molecule has 1 aliphatic rings. The molecule has 1 atom stereocenters. The van der Waals surface area contributed by atoms with Crippen LogP contribution in [0, 0.1) is 5.92 Å². The molecule has 1 unspecified atom stereocenters. The lowest BCUT2D eigenvalue weighted by atomic mass is 10.1. The second-order valence-electron chi connectivity index (χ2n) is 4.09. The fourth-order valence-corrected chi connectivity index (χ4v) is 1.87. The molecule has 6 heteroatoms. The lowest BCUT2D eigenvalue weighted by molar-refractivity contribution is 0.0943. The van der Waals surface area contributed by atoms with Crippen molar-refractivity contribution in [3.05, 3.63) is 18.0 Å². The van der Waals surface area contributed by atoms with Crippen molar-refractivity contribution in [1.82, 2.24) is 15.1 Å². The van der Waals surface area contributed by atoms with E-state index in [1.165, 1.54) is 6.20 Å². The highest BCUT2D eigenvalue weighted by Gasteiger charge is 2.34. The Bertz CT molecular complexity index is 424. The van der Waals surface area contributed by atoms with Gasteiger partial charge < -0.3 is 11.1 Å². The van der Waals surface area contributed by atoms with Crippen molar-refractivity contribution in [3.63, 3.8) is 0 Å². The molecular weight excluding hydrogens is 224 g/mol. The molecule has 1 aromatic heterocycles. The molecule has 1 fully saturated rings. The molecule has 5 nitrogen and oxygen atoms in total. The van der Waals surface area contributed by atoms with Crippen LogP contribution in [0.3, 0.4) is 0 Å². The minimum atomic E-state index is -0.178. The summed E-state index contributed by atoms with van der Waals surface area (Å²) in [7, 11) is 1.77. The van der Waals surface area contributed by atoms with Gasteiger partial charge in [0.15, 0.2) is 0 Å². The maximum absolute atomic E-state index is 11.8. The molecule has 1 aromatic rings. The van der Waals surface area contributed by atoms with Gasteiger partial charge in [0.1, 0.15) is 0 Å². The number of aromatic nitrogens is 2. The average Bonchev–Trinajstić information content (AvgIpc) is 2.96. The first kappa shape index (κ1) is 11.1. The van der Waals surface area contributed by atoms with Crippen LogP contribution in [0.25, 0.3) is 0 Å². The molecule has 0 aromatic carbocycles. The minimum Gasteiger partial charge on any atom is -0.392 e. The predicted octanol–water partition coefficient (Wildman–Crippen LogP) is 0.215. The Labute approximate surface area is 99.0 Å². The SMILES string of the molecule is Cn1cc(C(=O)NC(C(N)=S)C2CC2)cn1. The van der Waals surface area contributed by atoms with E-state index in [4.69, 9.17) is 18.0 Å². The van der Waals surface area contributed by atoms with E-state index in [1.54, 1.807) is 17.9 Å². The smallest absolute Gasteiger partial charge is 0.255 e. The van der Waals surface area contributed by atoms with E-state index < -0.39 is 0 Å². The summed E-state index contributed by atoms with van der Waals surface area (Å²) >= 11 is 4.95. The summed E-state index contributed by atoms with van der Waals surface area (Å²) in [6.07, 6.45) is 5.35. The molecular formula is C10H14N4OS. The summed E-state index contributed by atoms with van der Waals surface area (Å²) in [5, 5.41) is 6.79. The Balaban J connectivity index is 2.02. The highest BCUT2D eigenvalue weighted by atomic mass is 32.1. The third-order valence-corrected chi connectivity index (χ3v) is 2.91. The van der Waals surface area contributed by atoms with Crippen LogP contribution in [0.2, 0.25) is 0 Å². The molecule has 0 spiro atoms. The zero-order valence-electron chi connectivity index (χ0n) is 9.01. The van der Waals surface area contributed by atoms with Gasteiger partial charge in [-0.1, -0.05) is 12.2 Å². The number of nitrogens with two attached hydrogens (primary N) is 1. The van der Waals surface area contributed by atoms with Crippen molar-refractivity contribution >= 4 is 23.1 Å². The van der Waals surface area contributed by atoms with Gasteiger partial charge in [0, 0.05) is 13.2 Å². The third kappa shape index (κ3) is 2.38. The number of rotatable bonds is 4. The molecule has 16 heavy (non-hydrogen) atoms. The van der Waals surface area contributed by atoms with E-state index in [9.17, 15) is 4.79 Å². The maximum Gasteiger partial charge on any atom is 0.255 e. The van der Waals surface area contributed by atoms with Crippen LogP contribution < -0.4 is 11.1 Å². The zero-order valence-corrected chi connectivity index (χ0v) is 9.83. The fourth-order valence-electron chi connectivity index (χ4n) is 1.61. The largest absolute Gasteiger partial charge is 0.392 e. The van der Waals surface area contributed by atoms with Gasteiger partial charge in [0.2, 0.25) is 0 Å². The lowest BCUT2D eigenvalue weighted by Gasteiger charge is -2.15. The van der Waals surface area contributed by atoms with E-state index >= 15 is 0 Å². The number of aryl methyl sites for hydroxylation is 1. The fraction of sp³-hybridized carbons (Fsp3) is 0.500. The van der Waals surface area contributed by atoms with E-state index in [-0.39, 0.29) is 11.9 Å². The molecule has 0 aliphatic heterocycles. The van der Waals surface area contributed by atoms with Crippen molar-refractivity contribution in [1.29, 1.82) is 0 Å². The molecule has 1 heterocycles. The van der Waals surface area contributed by atoms with Crippen molar-refractivity contribution in [2.24, 2.45) is 18.7 Å². The second-order valence-corrected chi connectivity index (χ2v) is 4.57. The van der Waals surface area contributed by atoms with Gasteiger partial charge >= 0.3 is 0 Å².